The number of ether oxygens (including phenoxy) is 2. The molecular formula is C18H26N4O4. The molecule has 142 valence electrons. The minimum Gasteiger partial charge on any atom is -0.490 e. The zero-order valence-corrected chi connectivity index (χ0v) is 14.7. The first-order chi connectivity index (χ1) is 12.7. The molecule has 8 nitrogen and oxygen atoms in total. The molecule has 8 heteroatoms. The number of hydrogen-bond donors (Lipinski definition) is 4. The number of H-pyrrole nitrogens is 1. The number of rotatable bonds is 8. The lowest BCUT2D eigenvalue weighted by Crippen LogP contribution is -2.47. The van der Waals surface area contributed by atoms with E-state index < -0.39 is 6.10 Å². The Bertz CT molecular complexity index is 699. The molecule has 1 saturated heterocycles. The van der Waals surface area contributed by atoms with Crippen LogP contribution in [0.4, 0.5) is 4.79 Å². The lowest BCUT2D eigenvalue weighted by molar-refractivity contribution is 0.0532. The predicted octanol–water partition coefficient (Wildman–Crippen LogP) is 0.539. The molecule has 0 saturated carbocycles. The Balaban J connectivity index is 1.29. The van der Waals surface area contributed by atoms with Gasteiger partial charge in [0, 0.05) is 49.8 Å². The Hall–Kier alpha value is -2.29. The van der Waals surface area contributed by atoms with E-state index in [-0.39, 0.29) is 12.6 Å². The van der Waals surface area contributed by atoms with Crippen molar-refractivity contribution in [3.63, 3.8) is 0 Å². The van der Waals surface area contributed by atoms with Gasteiger partial charge in [-0.2, -0.15) is 0 Å². The first-order valence-corrected chi connectivity index (χ1v) is 8.92. The highest BCUT2D eigenvalue weighted by atomic mass is 16.5. The van der Waals surface area contributed by atoms with Gasteiger partial charge in [0.1, 0.15) is 18.5 Å². The third-order valence-corrected chi connectivity index (χ3v) is 4.24. The van der Waals surface area contributed by atoms with Gasteiger partial charge in [0.25, 0.3) is 0 Å². The molecule has 0 radical (unpaired) electrons. The van der Waals surface area contributed by atoms with Crippen molar-refractivity contribution >= 4 is 16.9 Å². The maximum Gasteiger partial charge on any atom is 0.317 e. The SMILES string of the molecule is O=C(NCCNC[C@H](O)COc1cccc2[nH]ccc12)N1CCOCC1. The van der Waals surface area contributed by atoms with Crippen molar-refractivity contribution in [2.24, 2.45) is 0 Å². The number of carbonyl (C=O) groups is 1. The molecule has 1 aliphatic rings. The summed E-state index contributed by atoms with van der Waals surface area (Å²) in [5.41, 5.74) is 1.01. The van der Waals surface area contributed by atoms with Gasteiger partial charge >= 0.3 is 6.03 Å². The molecule has 4 N–H and O–H groups in total. The zero-order chi connectivity index (χ0) is 18.2. The number of urea groups is 1. The molecule has 1 aromatic carbocycles. The van der Waals surface area contributed by atoms with Gasteiger partial charge in [-0.05, 0) is 18.2 Å². The number of amides is 2. The quantitative estimate of drug-likeness (QED) is 0.514. The fourth-order valence-corrected chi connectivity index (χ4v) is 2.83. The number of nitrogens with zero attached hydrogens (tertiary/aromatic N) is 1. The molecule has 2 amide bonds. The topological polar surface area (TPSA) is 98.8 Å². The summed E-state index contributed by atoms with van der Waals surface area (Å²) < 4.78 is 10.9. The Morgan fingerprint density at radius 2 is 2.15 bits per heavy atom. The van der Waals surface area contributed by atoms with Crippen LogP contribution in [0, 0.1) is 0 Å². The summed E-state index contributed by atoms with van der Waals surface area (Å²) in [5.74, 6) is 0.751. The fraction of sp³-hybridized carbons (Fsp3) is 0.500. The summed E-state index contributed by atoms with van der Waals surface area (Å²) in [6.45, 7) is 4.13. The second-order valence-electron chi connectivity index (χ2n) is 6.20. The van der Waals surface area contributed by atoms with E-state index >= 15 is 0 Å². The van der Waals surface area contributed by atoms with Gasteiger partial charge < -0.3 is 35.1 Å². The van der Waals surface area contributed by atoms with Gasteiger partial charge in [-0.3, -0.25) is 0 Å². The lowest BCUT2D eigenvalue weighted by atomic mass is 10.2. The van der Waals surface area contributed by atoms with E-state index in [1.807, 2.05) is 30.5 Å². The molecule has 1 aliphatic heterocycles. The first kappa shape index (κ1) is 18.5. The maximum absolute atomic E-state index is 11.9. The summed E-state index contributed by atoms with van der Waals surface area (Å²) in [4.78, 5) is 16.8. The second kappa shape index (κ2) is 9.42. The van der Waals surface area contributed by atoms with Crippen LogP contribution in [0.1, 0.15) is 0 Å². The monoisotopic (exact) mass is 362 g/mol. The molecule has 0 bridgehead atoms. The third-order valence-electron chi connectivity index (χ3n) is 4.24. The van der Waals surface area contributed by atoms with Crippen molar-refractivity contribution in [2.75, 3.05) is 52.5 Å². The van der Waals surface area contributed by atoms with Crippen molar-refractivity contribution in [3.8, 4) is 5.75 Å². The number of aliphatic hydroxyl groups excluding tert-OH is 1. The van der Waals surface area contributed by atoms with Gasteiger partial charge in [0.05, 0.1) is 13.2 Å². The lowest BCUT2D eigenvalue weighted by Gasteiger charge is -2.27. The number of nitrogens with one attached hydrogen (secondary N) is 3. The van der Waals surface area contributed by atoms with Crippen molar-refractivity contribution in [1.82, 2.24) is 20.5 Å². The number of fused-ring (bicyclic) bond motifs is 1. The number of aliphatic hydroxyl groups is 1. The summed E-state index contributed by atoms with van der Waals surface area (Å²) in [6.07, 6.45) is 1.24. The van der Waals surface area contributed by atoms with E-state index in [2.05, 4.69) is 15.6 Å². The highest BCUT2D eigenvalue weighted by molar-refractivity contribution is 5.85. The first-order valence-electron chi connectivity index (χ1n) is 8.92. The van der Waals surface area contributed by atoms with Crippen LogP contribution in [0.2, 0.25) is 0 Å². The molecule has 0 spiro atoms. The smallest absolute Gasteiger partial charge is 0.317 e. The Labute approximate surface area is 152 Å². The molecule has 3 rings (SSSR count). The average Bonchev–Trinajstić information content (AvgIpc) is 3.16. The fourth-order valence-electron chi connectivity index (χ4n) is 2.83. The zero-order valence-electron chi connectivity index (χ0n) is 14.7. The van der Waals surface area contributed by atoms with E-state index in [0.717, 1.165) is 16.7 Å². The Morgan fingerprint density at radius 1 is 1.31 bits per heavy atom. The molecule has 1 aromatic heterocycles. The Kier molecular flexibility index (Phi) is 6.70. The number of morpholine rings is 1. The van der Waals surface area contributed by atoms with Crippen LogP contribution in [0.15, 0.2) is 30.5 Å². The van der Waals surface area contributed by atoms with E-state index in [9.17, 15) is 9.90 Å². The normalized spacial score (nSPS) is 15.8. The highest BCUT2D eigenvalue weighted by Gasteiger charge is 2.15. The number of benzene rings is 1. The van der Waals surface area contributed by atoms with E-state index in [1.165, 1.54) is 0 Å². The van der Waals surface area contributed by atoms with E-state index in [1.54, 1.807) is 4.90 Å². The summed E-state index contributed by atoms with van der Waals surface area (Å²) in [6, 6.07) is 7.66. The van der Waals surface area contributed by atoms with Gasteiger partial charge in [0.2, 0.25) is 0 Å². The van der Waals surface area contributed by atoms with Crippen molar-refractivity contribution in [2.45, 2.75) is 6.10 Å². The number of aromatic nitrogens is 1. The molecule has 26 heavy (non-hydrogen) atoms. The van der Waals surface area contributed by atoms with Crippen LogP contribution in [0.5, 0.6) is 5.75 Å². The van der Waals surface area contributed by atoms with Crippen molar-refractivity contribution < 1.29 is 19.4 Å². The van der Waals surface area contributed by atoms with E-state index in [4.69, 9.17) is 9.47 Å². The Morgan fingerprint density at radius 3 is 3.00 bits per heavy atom. The molecule has 1 atom stereocenters. The molecular weight excluding hydrogens is 336 g/mol. The van der Waals surface area contributed by atoms with Crippen LogP contribution < -0.4 is 15.4 Å². The largest absolute Gasteiger partial charge is 0.490 e. The molecule has 2 aromatic rings. The van der Waals surface area contributed by atoms with E-state index in [0.29, 0.717) is 45.9 Å². The van der Waals surface area contributed by atoms with Gasteiger partial charge in [-0.25, -0.2) is 4.79 Å². The van der Waals surface area contributed by atoms with Crippen molar-refractivity contribution in [3.05, 3.63) is 30.5 Å². The van der Waals surface area contributed by atoms with Crippen LogP contribution in [0.3, 0.4) is 0 Å². The van der Waals surface area contributed by atoms with Gasteiger partial charge in [-0.15, -0.1) is 0 Å². The predicted molar refractivity (Wildman–Crippen MR) is 98.5 cm³/mol. The number of hydrogen-bond acceptors (Lipinski definition) is 5. The standard InChI is InChI=1S/C18H26N4O4/c23-14(13-26-17-3-1-2-16-15(17)4-5-20-16)12-19-6-7-21-18(24)22-8-10-25-11-9-22/h1-5,14,19-20,23H,6-13H2,(H,21,24)/t14-/m0/s1. The molecule has 1 fully saturated rings. The summed E-state index contributed by atoms with van der Waals surface area (Å²) >= 11 is 0. The highest BCUT2D eigenvalue weighted by Crippen LogP contribution is 2.24. The van der Waals surface area contributed by atoms with Crippen LogP contribution in [0.25, 0.3) is 10.9 Å². The van der Waals surface area contributed by atoms with Crippen molar-refractivity contribution in [1.29, 1.82) is 0 Å². The van der Waals surface area contributed by atoms with Crippen LogP contribution >= 0.6 is 0 Å². The minimum atomic E-state index is -0.626. The summed E-state index contributed by atoms with van der Waals surface area (Å²) in [5, 5.41) is 17.0. The minimum absolute atomic E-state index is 0.0708. The molecule has 0 aliphatic carbocycles. The molecule has 0 unspecified atom stereocenters. The maximum atomic E-state index is 11.9. The number of aromatic amines is 1. The molecule has 2 heterocycles. The second-order valence-corrected chi connectivity index (χ2v) is 6.20. The van der Waals surface area contributed by atoms with Gasteiger partial charge in [-0.1, -0.05) is 6.07 Å². The number of carbonyl (C=O) groups excluding carboxylic acids is 1. The third kappa shape index (κ3) is 5.10. The van der Waals surface area contributed by atoms with Crippen LogP contribution in [-0.4, -0.2) is 79.7 Å². The van der Waals surface area contributed by atoms with Gasteiger partial charge in [0.15, 0.2) is 0 Å². The van der Waals surface area contributed by atoms with Crippen LogP contribution in [-0.2, 0) is 4.74 Å². The summed E-state index contributed by atoms with van der Waals surface area (Å²) in [7, 11) is 0. The average molecular weight is 362 g/mol.